The van der Waals surface area contributed by atoms with E-state index in [2.05, 4.69) is 25.8 Å². The summed E-state index contributed by atoms with van der Waals surface area (Å²) in [5.74, 6) is 2.86. The molecule has 0 amide bonds. The number of hydrogen-bond acceptors (Lipinski definition) is 6. The highest BCUT2D eigenvalue weighted by Crippen LogP contribution is 2.19. The van der Waals surface area contributed by atoms with E-state index in [1.165, 1.54) is 6.33 Å². The van der Waals surface area contributed by atoms with Crippen LogP contribution in [0, 0.1) is 18.3 Å². The lowest BCUT2D eigenvalue weighted by atomic mass is 10.1. The summed E-state index contributed by atoms with van der Waals surface area (Å²) in [6.07, 6.45) is 7.99. The van der Waals surface area contributed by atoms with E-state index < -0.39 is 6.10 Å². The highest BCUT2D eigenvalue weighted by Gasteiger charge is 2.30. The number of aliphatic hydroxyl groups is 1. The molecular formula is C12H14N6O. The Bertz CT molecular complexity index is 645. The van der Waals surface area contributed by atoms with E-state index in [9.17, 15) is 5.11 Å². The second kappa shape index (κ2) is 4.50. The third-order valence-corrected chi connectivity index (χ3v) is 3.36. The third kappa shape index (κ3) is 2.01. The van der Waals surface area contributed by atoms with Crippen molar-refractivity contribution in [1.82, 2.24) is 24.4 Å². The molecule has 2 atom stereocenters. The van der Waals surface area contributed by atoms with Crippen LogP contribution in [-0.4, -0.2) is 48.7 Å². The van der Waals surface area contributed by atoms with Crippen molar-refractivity contribution < 1.29 is 5.11 Å². The number of aliphatic hydroxyl groups excluding tert-OH is 1. The van der Waals surface area contributed by atoms with Crippen LogP contribution < -0.4 is 5.73 Å². The molecule has 1 aliphatic heterocycles. The molecule has 98 valence electrons. The van der Waals surface area contributed by atoms with Gasteiger partial charge < -0.3 is 15.4 Å². The molecule has 0 saturated carbocycles. The van der Waals surface area contributed by atoms with E-state index in [-0.39, 0.29) is 5.92 Å². The molecule has 2 aromatic rings. The lowest BCUT2D eigenvalue weighted by Gasteiger charge is -2.15. The third-order valence-electron chi connectivity index (χ3n) is 3.36. The summed E-state index contributed by atoms with van der Waals surface area (Å²) < 4.78 is 1.87. The summed E-state index contributed by atoms with van der Waals surface area (Å²) in [6.45, 7) is 1.79. The van der Waals surface area contributed by atoms with Crippen LogP contribution in [0.5, 0.6) is 0 Å². The zero-order valence-corrected chi connectivity index (χ0v) is 10.3. The first-order valence-corrected chi connectivity index (χ1v) is 5.97. The number of β-amino-alcohol motifs (C(OH)–C–C–N with tert-alkyl or cyclic N) is 1. The van der Waals surface area contributed by atoms with Crippen LogP contribution in [0.4, 0.5) is 5.82 Å². The zero-order chi connectivity index (χ0) is 13.4. The number of rotatable bonds is 2. The van der Waals surface area contributed by atoms with Crippen molar-refractivity contribution in [1.29, 1.82) is 0 Å². The molecule has 1 aliphatic rings. The van der Waals surface area contributed by atoms with E-state index in [4.69, 9.17) is 12.2 Å². The molecule has 1 fully saturated rings. The minimum absolute atomic E-state index is 0.116. The second-order valence-electron chi connectivity index (χ2n) is 4.66. The smallest absolute Gasteiger partial charge is 0.166 e. The lowest BCUT2D eigenvalue weighted by Crippen LogP contribution is -2.24. The molecule has 0 spiro atoms. The number of terminal acetylenes is 1. The fraction of sp³-hybridized carbons (Fsp3) is 0.417. The van der Waals surface area contributed by atoms with Crippen LogP contribution in [0.15, 0.2) is 12.7 Å². The van der Waals surface area contributed by atoms with Crippen molar-refractivity contribution in [2.45, 2.75) is 12.8 Å². The van der Waals surface area contributed by atoms with Gasteiger partial charge in [0.1, 0.15) is 11.8 Å². The molecule has 19 heavy (non-hydrogen) atoms. The fourth-order valence-corrected chi connectivity index (χ4v) is 2.36. The van der Waals surface area contributed by atoms with Gasteiger partial charge in [-0.3, -0.25) is 4.90 Å². The average molecular weight is 258 g/mol. The molecule has 3 heterocycles. The van der Waals surface area contributed by atoms with Crippen molar-refractivity contribution in [2.24, 2.45) is 5.92 Å². The Balaban J connectivity index is 1.84. The van der Waals surface area contributed by atoms with E-state index in [0.717, 1.165) is 0 Å². The maximum absolute atomic E-state index is 9.79. The number of aromatic nitrogens is 4. The zero-order valence-electron chi connectivity index (χ0n) is 10.3. The maximum Gasteiger partial charge on any atom is 0.166 e. The predicted molar refractivity (Wildman–Crippen MR) is 69.6 cm³/mol. The van der Waals surface area contributed by atoms with Gasteiger partial charge in [0.05, 0.1) is 25.0 Å². The summed E-state index contributed by atoms with van der Waals surface area (Å²) in [4.78, 5) is 14.3. The van der Waals surface area contributed by atoms with Gasteiger partial charge in [0.25, 0.3) is 0 Å². The molecule has 7 heteroatoms. The van der Waals surface area contributed by atoms with Crippen molar-refractivity contribution >= 4 is 17.0 Å². The minimum Gasteiger partial charge on any atom is -0.390 e. The molecule has 3 N–H and O–H groups in total. The van der Waals surface area contributed by atoms with Gasteiger partial charge in [-0.25, -0.2) is 15.0 Å². The van der Waals surface area contributed by atoms with Crippen LogP contribution >= 0.6 is 0 Å². The molecule has 0 radical (unpaired) electrons. The Morgan fingerprint density at radius 3 is 3.00 bits per heavy atom. The summed E-state index contributed by atoms with van der Waals surface area (Å²) >= 11 is 0. The largest absolute Gasteiger partial charge is 0.390 e. The average Bonchev–Trinajstić information content (AvgIpc) is 2.95. The molecule has 0 aliphatic carbocycles. The van der Waals surface area contributed by atoms with Crippen LogP contribution in [0.25, 0.3) is 11.2 Å². The molecule has 0 aromatic carbocycles. The van der Waals surface area contributed by atoms with Gasteiger partial charge in [0, 0.05) is 13.1 Å². The minimum atomic E-state index is -0.473. The van der Waals surface area contributed by atoms with Crippen molar-refractivity contribution in [3.63, 3.8) is 0 Å². The highest BCUT2D eigenvalue weighted by molar-refractivity contribution is 5.80. The Morgan fingerprint density at radius 1 is 1.42 bits per heavy atom. The predicted octanol–water partition coefficient (Wildman–Crippen LogP) is -0.708. The van der Waals surface area contributed by atoms with Crippen molar-refractivity contribution in [3.8, 4) is 12.3 Å². The van der Waals surface area contributed by atoms with Crippen molar-refractivity contribution in [2.75, 3.05) is 18.8 Å². The standard InChI is InChI=1S/C12H14N6O/c1-2-8-3-17(4-9(8)19)7-18-6-16-10-11(13)14-5-15-12(10)18/h1,5-6,8-9,19H,3-4,7H2,(H2,13,14,15). The van der Waals surface area contributed by atoms with Gasteiger partial charge >= 0.3 is 0 Å². The molecule has 2 aromatic heterocycles. The number of imidazole rings is 1. The Kier molecular flexibility index (Phi) is 2.81. The molecule has 3 rings (SSSR count). The molecular weight excluding hydrogens is 244 g/mol. The molecule has 7 nitrogen and oxygen atoms in total. The Morgan fingerprint density at radius 2 is 2.26 bits per heavy atom. The first-order valence-electron chi connectivity index (χ1n) is 5.97. The first-order chi connectivity index (χ1) is 9.19. The number of fused-ring (bicyclic) bond motifs is 1. The molecule has 0 bridgehead atoms. The number of hydrogen-bond donors (Lipinski definition) is 2. The summed E-state index contributed by atoms with van der Waals surface area (Å²) in [7, 11) is 0. The van der Waals surface area contributed by atoms with Crippen LogP contribution in [-0.2, 0) is 6.67 Å². The summed E-state index contributed by atoms with van der Waals surface area (Å²) in [6, 6.07) is 0. The normalized spacial score (nSPS) is 23.8. The van der Waals surface area contributed by atoms with E-state index in [1.807, 2.05) is 4.57 Å². The Hall–Kier alpha value is -2.17. The number of nitrogens with two attached hydrogens (primary N) is 1. The molecule has 1 saturated heterocycles. The van der Waals surface area contributed by atoms with Gasteiger partial charge in [0.2, 0.25) is 0 Å². The SMILES string of the molecule is C#CC1CN(Cn2cnc3c(N)ncnc32)CC1O. The van der Waals surface area contributed by atoms with E-state index in [1.54, 1.807) is 6.33 Å². The van der Waals surface area contributed by atoms with Crippen LogP contribution in [0.1, 0.15) is 0 Å². The number of nitrogens with zero attached hydrogens (tertiary/aromatic N) is 5. The van der Waals surface area contributed by atoms with Gasteiger partial charge in [-0.05, 0) is 0 Å². The highest BCUT2D eigenvalue weighted by atomic mass is 16.3. The molecule has 2 unspecified atom stereocenters. The van der Waals surface area contributed by atoms with Crippen LogP contribution in [0.2, 0.25) is 0 Å². The topological polar surface area (TPSA) is 93.1 Å². The summed E-state index contributed by atoms with van der Waals surface area (Å²) in [5.41, 5.74) is 7.02. The fourth-order valence-electron chi connectivity index (χ4n) is 2.36. The number of anilines is 1. The lowest BCUT2D eigenvalue weighted by molar-refractivity contribution is 0.153. The van der Waals surface area contributed by atoms with E-state index in [0.29, 0.717) is 36.7 Å². The summed E-state index contributed by atoms with van der Waals surface area (Å²) in [5, 5.41) is 9.79. The van der Waals surface area contributed by atoms with Crippen LogP contribution in [0.3, 0.4) is 0 Å². The number of likely N-dealkylation sites (tertiary alicyclic amines) is 1. The van der Waals surface area contributed by atoms with Gasteiger partial charge in [-0.15, -0.1) is 6.42 Å². The Labute approximate surface area is 110 Å². The second-order valence-corrected chi connectivity index (χ2v) is 4.66. The maximum atomic E-state index is 9.79. The van der Waals surface area contributed by atoms with Gasteiger partial charge in [0.15, 0.2) is 11.5 Å². The van der Waals surface area contributed by atoms with Crippen molar-refractivity contribution in [3.05, 3.63) is 12.7 Å². The number of nitrogen functional groups attached to an aromatic ring is 1. The quantitative estimate of drug-likeness (QED) is 0.691. The monoisotopic (exact) mass is 258 g/mol. The van der Waals surface area contributed by atoms with Gasteiger partial charge in [-0.2, -0.15) is 0 Å². The van der Waals surface area contributed by atoms with E-state index >= 15 is 0 Å². The first kappa shape index (κ1) is 11.9. The van der Waals surface area contributed by atoms with Gasteiger partial charge in [-0.1, -0.05) is 5.92 Å².